The highest BCUT2D eigenvalue weighted by molar-refractivity contribution is 6.15. The van der Waals surface area contributed by atoms with Crippen LogP contribution in [0.2, 0.25) is 0 Å². The lowest BCUT2D eigenvalue weighted by atomic mass is 10.1. The molecule has 0 radical (unpaired) electrons. The van der Waals surface area contributed by atoms with Crippen LogP contribution in [0.3, 0.4) is 0 Å². The number of halogens is 1. The van der Waals surface area contributed by atoms with E-state index in [1.807, 2.05) is 0 Å². The molecule has 0 aromatic heterocycles. The molecule has 0 spiro atoms. The van der Waals surface area contributed by atoms with Gasteiger partial charge in [0.2, 0.25) is 0 Å². The second-order valence-electron chi connectivity index (χ2n) is 2.74. The monoisotopic (exact) mass is 227 g/mol. The van der Waals surface area contributed by atoms with E-state index >= 15 is 0 Å². The van der Waals surface area contributed by atoms with Crippen LogP contribution in [0.25, 0.3) is 0 Å². The van der Waals surface area contributed by atoms with Crippen LogP contribution in [0.1, 0.15) is 31.1 Å². The number of esters is 2. The van der Waals surface area contributed by atoms with E-state index in [0.717, 1.165) is 6.07 Å². The van der Waals surface area contributed by atoms with Crippen molar-refractivity contribution in [3.63, 3.8) is 0 Å². The van der Waals surface area contributed by atoms with Gasteiger partial charge in [-0.3, -0.25) is 0 Å². The summed E-state index contributed by atoms with van der Waals surface area (Å²) >= 11 is 0. The molecule has 0 amide bonds. The van der Waals surface area contributed by atoms with E-state index in [2.05, 4.69) is 4.74 Å². The smallest absolute Gasteiger partial charge is 0.346 e. The van der Waals surface area contributed by atoms with Gasteiger partial charge < -0.3 is 22.3 Å². The number of ether oxygens (including phenoxy) is 1. The van der Waals surface area contributed by atoms with E-state index in [1.54, 1.807) is 0 Å². The van der Waals surface area contributed by atoms with Crippen molar-refractivity contribution in [3.8, 4) is 0 Å². The number of carboxylic acid groups (broad SMARTS) is 1. The molecular weight excluding hydrogens is 224 g/mol. The Morgan fingerprint density at radius 1 is 1.13 bits per heavy atom. The van der Waals surface area contributed by atoms with Gasteiger partial charge in [-0.15, -0.1) is 0 Å². The normalized spacial score (nSPS) is 12.8. The number of hydrogen-bond donors (Lipinski definition) is 1. The summed E-state index contributed by atoms with van der Waals surface area (Å²) in [7, 11) is 0. The number of carboxylic acids is 1. The van der Waals surface area contributed by atoms with Crippen molar-refractivity contribution in [1.82, 2.24) is 0 Å². The van der Waals surface area contributed by atoms with E-state index in [0.29, 0.717) is 0 Å². The van der Waals surface area contributed by atoms with Crippen LogP contribution < -0.4 is 12.4 Å². The molecule has 2 rings (SSSR count). The number of fused-ring (bicyclic) bond motifs is 1. The molecule has 1 aromatic rings. The van der Waals surface area contributed by atoms with Gasteiger partial charge in [0, 0.05) is 0 Å². The lowest BCUT2D eigenvalue weighted by Crippen LogP contribution is -3.00. The Balaban J connectivity index is 0.00000112. The zero-order valence-electron chi connectivity index (χ0n) is 7.19. The summed E-state index contributed by atoms with van der Waals surface area (Å²) in [6, 6.07) is 3.65. The minimum Gasteiger partial charge on any atom is -1.00 e. The molecule has 78 valence electrons. The van der Waals surface area contributed by atoms with E-state index in [1.165, 1.54) is 12.1 Å². The van der Waals surface area contributed by atoms with E-state index in [9.17, 15) is 14.4 Å². The summed E-state index contributed by atoms with van der Waals surface area (Å²) in [5, 5.41) is 8.63. The van der Waals surface area contributed by atoms with Gasteiger partial charge in [0.05, 0.1) is 16.7 Å². The van der Waals surface area contributed by atoms with Crippen molar-refractivity contribution >= 4 is 17.9 Å². The van der Waals surface area contributed by atoms with Gasteiger partial charge in [0.15, 0.2) is 0 Å². The first-order valence-electron chi connectivity index (χ1n) is 3.73. The predicted molar refractivity (Wildman–Crippen MR) is 43.1 cm³/mol. The van der Waals surface area contributed by atoms with Gasteiger partial charge in [0.25, 0.3) is 0 Å². The van der Waals surface area contributed by atoms with Crippen LogP contribution >= 0.6 is 0 Å². The zero-order chi connectivity index (χ0) is 10.3. The van der Waals surface area contributed by atoms with E-state index in [-0.39, 0.29) is 29.1 Å². The van der Waals surface area contributed by atoms with Gasteiger partial charge in [0.1, 0.15) is 0 Å². The molecule has 0 aliphatic carbocycles. The third-order valence-corrected chi connectivity index (χ3v) is 1.89. The molecule has 0 bridgehead atoms. The van der Waals surface area contributed by atoms with Crippen LogP contribution in [0, 0.1) is 0 Å². The third kappa shape index (κ3) is 1.69. The maximum atomic E-state index is 11.0. The quantitative estimate of drug-likeness (QED) is 0.431. The highest BCUT2D eigenvalue weighted by Gasteiger charge is 2.30. The van der Waals surface area contributed by atoms with Crippen LogP contribution in [0.4, 0.5) is 0 Å². The molecule has 1 aliphatic rings. The molecule has 0 saturated heterocycles. The van der Waals surface area contributed by atoms with Crippen molar-refractivity contribution in [2.24, 2.45) is 0 Å². The van der Waals surface area contributed by atoms with Crippen molar-refractivity contribution in [3.05, 3.63) is 34.9 Å². The van der Waals surface area contributed by atoms with Crippen molar-refractivity contribution in [2.45, 2.75) is 0 Å². The Hall–Kier alpha value is -1.88. The standard InChI is InChI=1S/C9H4O5.ClH/c10-7(11)4-1-2-5-6(3-4)9(13)14-8(5)12;/h1-3H,(H,10,11);1H/p-1. The third-order valence-electron chi connectivity index (χ3n) is 1.89. The highest BCUT2D eigenvalue weighted by atomic mass is 35.5. The summed E-state index contributed by atoms with van der Waals surface area (Å²) in [5.74, 6) is -2.69. The molecule has 1 heterocycles. The molecule has 0 fully saturated rings. The summed E-state index contributed by atoms with van der Waals surface area (Å²) in [5.41, 5.74) is 0.0744. The second kappa shape index (κ2) is 3.70. The Morgan fingerprint density at radius 2 is 1.73 bits per heavy atom. The molecule has 15 heavy (non-hydrogen) atoms. The van der Waals surface area contributed by atoms with Gasteiger partial charge in [-0.25, -0.2) is 14.4 Å². The molecule has 0 unspecified atom stereocenters. The Kier molecular flexibility index (Phi) is 2.76. The molecule has 0 saturated carbocycles. The molecule has 6 heteroatoms. The molecule has 1 aromatic carbocycles. The number of benzene rings is 1. The number of hydrogen-bond acceptors (Lipinski definition) is 4. The molecule has 5 nitrogen and oxygen atoms in total. The first-order valence-corrected chi connectivity index (χ1v) is 3.73. The summed E-state index contributed by atoms with van der Waals surface area (Å²) < 4.78 is 4.30. The van der Waals surface area contributed by atoms with Gasteiger partial charge in [-0.2, -0.15) is 0 Å². The highest BCUT2D eigenvalue weighted by Crippen LogP contribution is 2.20. The van der Waals surface area contributed by atoms with Crippen LogP contribution in [-0.4, -0.2) is 23.0 Å². The van der Waals surface area contributed by atoms with Crippen molar-refractivity contribution in [1.29, 1.82) is 0 Å². The summed E-state index contributed by atoms with van der Waals surface area (Å²) in [6.45, 7) is 0. The predicted octanol–water partition coefficient (Wildman–Crippen LogP) is -2.30. The number of rotatable bonds is 1. The topological polar surface area (TPSA) is 80.7 Å². The average Bonchev–Trinajstić information content (AvgIpc) is 2.42. The number of carbonyl (C=O) groups is 3. The lowest BCUT2D eigenvalue weighted by molar-refractivity contribution is -0.0000577. The van der Waals surface area contributed by atoms with Gasteiger partial charge >= 0.3 is 17.9 Å². The molecule has 0 atom stereocenters. The minimum atomic E-state index is -1.15. The van der Waals surface area contributed by atoms with Crippen LogP contribution in [0.5, 0.6) is 0 Å². The number of aromatic carboxylic acids is 1. The fraction of sp³-hybridized carbons (Fsp3) is 0. The van der Waals surface area contributed by atoms with Crippen molar-refractivity contribution in [2.75, 3.05) is 0 Å². The van der Waals surface area contributed by atoms with Crippen LogP contribution in [-0.2, 0) is 4.74 Å². The fourth-order valence-corrected chi connectivity index (χ4v) is 1.22. The number of carbonyl (C=O) groups excluding carboxylic acids is 2. The fourth-order valence-electron chi connectivity index (χ4n) is 1.22. The SMILES string of the molecule is O=C(O)c1ccc2c(c1)C(=O)OC2=O.[Cl-]. The average molecular weight is 228 g/mol. The molecule has 1 N–H and O–H groups in total. The van der Waals surface area contributed by atoms with Gasteiger partial charge in [-0.1, -0.05) is 0 Å². The summed E-state index contributed by atoms with van der Waals surface area (Å²) in [4.78, 5) is 32.5. The molecular formula is C9H4ClO5-. The van der Waals surface area contributed by atoms with Gasteiger partial charge in [-0.05, 0) is 18.2 Å². The zero-order valence-corrected chi connectivity index (χ0v) is 7.95. The van der Waals surface area contributed by atoms with E-state index < -0.39 is 17.9 Å². The number of cyclic esters (lactones) is 2. The largest absolute Gasteiger partial charge is 1.00 e. The maximum absolute atomic E-state index is 11.0. The lowest BCUT2D eigenvalue weighted by Gasteiger charge is -1.94. The van der Waals surface area contributed by atoms with Crippen molar-refractivity contribution < 1.29 is 36.6 Å². The second-order valence-corrected chi connectivity index (χ2v) is 2.74. The first-order chi connectivity index (χ1) is 6.59. The van der Waals surface area contributed by atoms with E-state index in [4.69, 9.17) is 5.11 Å². The van der Waals surface area contributed by atoms with Crippen LogP contribution in [0.15, 0.2) is 18.2 Å². The Bertz CT molecular complexity index is 466. The first kappa shape index (κ1) is 11.2. The summed E-state index contributed by atoms with van der Waals surface area (Å²) in [6.07, 6.45) is 0. The Labute approximate surface area is 90.1 Å². The minimum absolute atomic E-state index is 0. The molecule has 1 aliphatic heterocycles. The maximum Gasteiger partial charge on any atom is 0.346 e. The Morgan fingerprint density at radius 3 is 2.33 bits per heavy atom.